The smallest absolute Gasteiger partial charge is 0.340 e. The maximum absolute atomic E-state index is 14.6. The Balaban J connectivity index is 1.29. The monoisotopic (exact) mass is 466 g/mol. The summed E-state index contributed by atoms with van der Waals surface area (Å²) in [4.78, 5) is 28.9. The Morgan fingerprint density at radius 2 is 1.88 bits per heavy atom. The number of pyridine rings is 1. The third kappa shape index (κ3) is 4.08. The van der Waals surface area contributed by atoms with Gasteiger partial charge >= 0.3 is 5.97 Å². The van der Waals surface area contributed by atoms with Crippen molar-refractivity contribution in [3.05, 3.63) is 70.6 Å². The number of carbonyl (C=O) groups excluding carboxylic acids is 2. The van der Waals surface area contributed by atoms with E-state index in [1.54, 1.807) is 18.3 Å². The van der Waals surface area contributed by atoms with Crippen LogP contribution in [0.4, 0.5) is 10.1 Å². The SMILES string of the molecule is COC(=O)c1cc2nccc(C3CCC4(CC3)CC4C(=O)Nc3ccc(Cl)cc3)c2cc1F. The van der Waals surface area contributed by atoms with Crippen molar-refractivity contribution < 1.29 is 18.7 Å². The quantitative estimate of drug-likeness (QED) is 0.470. The first-order valence-electron chi connectivity index (χ1n) is 11.1. The molecule has 2 fully saturated rings. The normalized spacial score (nSPS) is 24.0. The lowest BCUT2D eigenvalue weighted by molar-refractivity contribution is -0.118. The summed E-state index contributed by atoms with van der Waals surface area (Å²) in [5.74, 6) is -0.939. The maximum Gasteiger partial charge on any atom is 0.340 e. The molecule has 5 rings (SSSR count). The summed E-state index contributed by atoms with van der Waals surface area (Å²) in [6.45, 7) is 0. The van der Waals surface area contributed by atoms with Crippen molar-refractivity contribution in [3.8, 4) is 0 Å². The van der Waals surface area contributed by atoms with Gasteiger partial charge in [-0.25, -0.2) is 9.18 Å². The van der Waals surface area contributed by atoms with Gasteiger partial charge in [-0.2, -0.15) is 0 Å². The van der Waals surface area contributed by atoms with Gasteiger partial charge in [0, 0.05) is 28.2 Å². The molecule has 1 spiro atoms. The van der Waals surface area contributed by atoms with E-state index in [9.17, 15) is 14.0 Å². The van der Waals surface area contributed by atoms with E-state index in [1.165, 1.54) is 19.2 Å². The highest BCUT2D eigenvalue weighted by molar-refractivity contribution is 6.30. The molecule has 2 aliphatic carbocycles. The molecule has 1 N–H and O–H groups in total. The van der Waals surface area contributed by atoms with Crippen LogP contribution in [-0.4, -0.2) is 24.0 Å². The Kier molecular flexibility index (Phi) is 5.57. The fraction of sp³-hybridized carbons (Fsp3) is 0.346. The summed E-state index contributed by atoms with van der Waals surface area (Å²) >= 11 is 5.92. The summed E-state index contributed by atoms with van der Waals surface area (Å²) < 4.78 is 19.3. The molecule has 1 atom stereocenters. The van der Waals surface area contributed by atoms with Crippen molar-refractivity contribution in [2.45, 2.75) is 38.0 Å². The van der Waals surface area contributed by atoms with E-state index in [4.69, 9.17) is 11.6 Å². The van der Waals surface area contributed by atoms with Gasteiger partial charge < -0.3 is 10.1 Å². The molecule has 0 radical (unpaired) electrons. The van der Waals surface area contributed by atoms with Crippen LogP contribution in [0.1, 0.15) is 53.9 Å². The molecule has 7 heteroatoms. The minimum absolute atomic E-state index is 0.0309. The molecular formula is C26H24ClFN2O3. The van der Waals surface area contributed by atoms with Gasteiger partial charge in [0.15, 0.2) is 0 Å². The van der Waals surface area contributed by atoms with Crippen molar-refractivity contribution in [1.82, 2.24) is 4.98 Å². The highest BCUT2D eigenvalue weighted by atomic mass is 35.5. The summed E-state index contributed by atoms with van der Waals surface area (Å²) in [6.07, 6.45) is 6.41. The molecule has 1 aromatic heterocycles. The topological polar surface area (TPSA) is 68.3 Å². The van der Waals surface area contributed by atoms with Gasteiger partial charge in [0.1, 0.15) is 5.82 Å². The Morgan fingerprint density at radius 3 is 2.58 bits per heavy atom. The van der Waals surface area contributed by atoms with Crippen molar-refractivity contribution in [2.24, 2.45) is 11.3 Å². The number of anilines is 1. The number of esters is 1. The van der Waals surface area contributed by atoms with E-state index in [0.29, 0.717) is 10.5 Å². The van der Waals surface area contributed by atoms with E-state index < -0.39 is 11.8 Å². The van der Waals surface area contributed by atoms with Gasteiger partial charge in [-0.15, -0.1) is 0 Å². The Morgan fingerprint density at radius 1 is 1.15 bits per heavy atom. The van der Waals surface area contributed by atoms with Crippen molar-refractivity contribution >= 4 is 40.1 Å². The van der Waals surface area contributed by atoms with E-state index in [0.717, 1.165) is 48.7 Å². The van der Waals surface area contributed by atoms with Crippen molar-refractivity contribution in [2.75, 3.05) is 12.4 Å². The van der Waals surface area contributed by atoms with Gasteiger partial charge in [-0.05, 0) is 91.5 Å². The largest absolute Gasteiger partial charge is 0.465 e. The molecule has 0 aliphatic heterocycles. The number of carbonyl (C=O) groups is 2. The lowest BCUT2D eigenvalue weighted by atomic mass is 9.75. The standard InChI is InChI=1S/C26H24ClFN2O3/c1-33-25(32)20-13-23-19(12-22(20)28)18(8-11-29-23)15-6-9-26(10-7-15)14-21(26)24(31)30-17-4-2-16(27)3-5-17/h2-5,8,11-13,15,21H,6-7,9-10,14H2,1H3,(H,30,31). The number of rotatable bonds is 4. The zero-order chi connectivity index (χ0) is 23.2. The number of aromatic nitrogens is 1. The summed E-state index contributed by atoms with van der Waals surface area (Å²) in [5, 5.41) is 4.38. The molecule has 0 bridgehead atoms. The molecule has 1 heterocycles. The van der Waals surface area contributed by atoms with Gasteiger partial charge in [0.05, 0.1) is 18.2 Å². The second-order valence-electron chi connectivity index (χ2n) is 9.13. The summed E-state index contributed by atoms with van der Waals surface area (Å²) in [7, 11) is 1.23. The second kappa shape index (κ2) is 8.41. The summed E-state index contributed by atoms with van der Waals surface area (Å²) in [5.41, 5.74) is 2.36. The number of hydrogen-bond acceptors (Lipinski definition) is 4. The molecule has 2 saturated carbocycles. The van der Waals surface area contributed by atoms with Crippen LogP contribution in [0.2, 0.25) is 5.02 Å². The number of fused-ring (bicyclic) bond motifs is 1. The van der Waals surface area contributed by atoms with Crippen molar-refractivity contribution in [3.63, 3.8) is 0 Å². The van der Waals surface area contributed by atoms with Crippen LogP contribution < -0.4 is 5.32 Å². The van der Waals surface area contributed by atoms with Gasteiger partial charge in [-0.3, -0.25) is 9.78 Å². The van der Waals surface area contributed by atoms with Gasteiger partial charge in [-0.1, -0.05) is 11.6 Å². The van der Waals surface area contributed by atoms with Gasteiger partial charge in [0.2, 0.25) is 5.91 Å². The molecule has 5 nitrogen and oxygen atoms in total. The third-order valence-corrected chi connectivity index (χ3v) is 7.56. The average Bonchev–Trinajstić information content (AvgIpc) is 3.53. The Hall–Kier alpha value is -2.99. The van der Waals surface area contributed by atoms with E-state index >= 15 is 0 Å². The Bertz CT molecular complexity index is 1240. The predicted octanol–water partition coefficient (Wildman–Crippen LogP) is 6.12. The number of methoxy groups -OCH3 is 1. The number of benzene rings is 2. The molecular weight excluding hydrogens is 443 g/mol. The number of ether oxygens (including phenoxy) is 1. The predicted molar refractivity (Wildman–Crippen MR) is 125 cm³/mol. The van der Waals surface area contributed by atoms with Crippen LogP contribution in [-0.2, 0) is 9.53 Å². The number of amides is 1. The molecule has 1 unspecified atom stereocenters. The molecule has 2 aromatic carbocycles. The molecule has 3 aromatic rings. The number of nitrogens with one attached hydrogen (secondary N) is 1. The minimum atomic E-state index is -0.710. The zero-order valence-electron chi connectivity index (χ0n) is 18.2. The fourth-order valence-corrected chi connectivity index (χ4v) is 5.47. The first-order chi connectivity index (χ1) is 15.9. The second-order valence-corrected chi connectivity index (χ2v) is 9.57. The molecule has 1 amide bonds. The van der Waals surface area contributed by atoms with Gasteiger partial charge in [0.25, 0.3) is 0 Å². The molecule has 170 valence electrons. The minimum Gasteiger partial charge on any atom is -0.465 e. The van der Waals surface area contributed by atoms with Crippen LogP contribution >= 0.6 is 11.6 Å². The number of halogens is 2. The number of hydrogen-bond donors (Lipinski definition) is 1. The molecule has 33 heavy (non-hydrogen) atoms. The van der Waals surface area contributed by atoms with Crippen molar-refractivity contribution in [1.29, 1.82) is 0 Å². The highest BCUT2D eigenvalue weighted by Gasteiger charge is 2.58. The van der Waals surface area contributed by atoms with Crippen LogP contribution in [0.25, 0.3) is 10.9 Å². The molecule has 2 aliphatic rings. The van der Waals surface area contributed by atoms with E-state index in [2.05, 4.69) is 15.0 Å². The third-order valence-electron chi connectivity index (χ3n) is 7.31. The van der Waals surface area contributed by atoms with Crippen LogP contribution in [0.5, 0.6) is 0 Å². The lowest BCUT2D eigenvalue weighted by Gasteiger charge is -2.30. The first-order valence-corrected chi connectivity index (χ1v) is 11.5. The Labute approximate surface area is 196 Å². The fourth-order valence-electron chi connectivity index (χ4n) is 5.35. The lowest BCUT2D eigenvalue weighted by Crippen LogP contribution is -2.22. The summed E-state index contributed by atoms with van der Waals surface area (Å²) in [6, 6.07) is 12.0. The highest BCUT2D eigenvalue weighted by Crippen LogP contribution is 2.63. The number of nitrogens with zero attached hydrogens (tertiary/aromatic N) is 1. The zero-order valence-corrected chi connectivity index (χ0v) is 19.0. The van der Waals surface area contributed by atoms with Crippen LogP contribution in [0.15, 0.2) is 48.7 Å². The van der Waals surface area contributed by atoms with E-state index in [-0.39, 0.29) is 28.7 Å². The van der Waals surface area contributed by atoms with E-state index in [1.807, 2.05) is 18.2 Å². The van der Waals surface area contributed by atoms with Crippen LogP contribution in [0.3, 0.4) is 0 Å². The first kappa shape index (κ1) is 21.8. The molecule has 0 saturated heterocycles. The average molecular weight is 467 g/mol. The van der Waals surface area contributed by atoms with Crippen LogP contribution in [0, 0.1) is 17.2 Å². The maximum atomic E-state index is 14.6.